The number of benzene rings is 2. The molecule has 1 N–H and O–H groups in total. The standard InChI is InChI=1S/C20H19NO5S/c1-13-6-8-14(9-7-13)21-18(22)12-27-17-5-3-2-4-15(17)19(23)26-16-10-11-25-20(16)24/h2-9,16H,10-12H2,1H3,(H,21,22)/t16-/m0/s1. The second-order valence-corrected chi connectivity index (χ2v) is 7.07. The number of thioether (sulfide) groups is 1. The fourth-order valence-electron chi connectivity index (χ4n) is 2.52. The Bertz CT molecular complexity index is 850. The molecule has 1 aliphatic heterocycles. The molecule has 0 bridgehead atoms. The highest BCUT2D eigenvalue weighted by Crippen LogP contribution is 2.25. The van der Waals surface area contributed by atoms with E-state index in [9.17, 15) is 14.4 Å². The second kappa shape index (κ2) is 8.73. The van der Waals surface area contributed by atoms with Crippen molar-refractivity contribution in [3.8, 4) is 0 Å². The molecule has 1 heterocycles. The Kier molecular flexibility index (Phi) is 6.13. The van der Waals surface area contributed by atoms with Crippen molar-refractivity contribution in [1.29, 1.82) is 0 Å². The number of carbonyl (C=O) groups is 3. The molecular formula is C20H19NO5S. The maximum atomic E-state index is 12.4. The maximum absolute atomic E-state index is 12.4. The molecule has 0 radical (unpaired) electrons. The van der Waals surface area contributed by atoms with Gasteiger partial charge in [0, 0.05) is 17.0 Å². The van der Waals surface area contributed by atoms with Crippen LogP contribution in [0, 0.1) is 6.92 Å². The van der Waals surface area contributed by atoms with Gasteiger partial charge in [0.2, 0.25) is 12.0 Å². The zero-order valence-corrected chi connectivity index (χ0v) is 15.6. The van der Waals surface area contributed by atoms with Crippen LogP contribution in [-0.4, -0.2) is 36.3 Å². The first-order chi connectivity index (χ1) is 13.0. The van der Waals surface area contributed by atoms with Gasteiger partial charge in [-0.3, -0.25) is 4.79 Å². The highest BCUT2D eigenvalue weighted by Gasteiger charge is 2.31. The summed E-state index contributed by atoms with van der Waals surface area (Å²) in [7, 11) is 0. The summed E-state index contributed by atoms with van der Waals surface area (Å²) in [6.45, 7) is 2.23. The van der Waals surface area contributed by atoms with E-state index in [1.165, 1.54) is 11.8 Å². The molecule has 0 aliphatic carbocycles. The van der Waals surface area contributed by atoms with Crippen molar-refractivity contribution >= 4 is 35.3 Å². The molecule has 1 amide bonds. The minimum atomic E-state index is -0.861. The van der Waals surface area contributed by atoms with E-state index in [4.69, 9.17) is 9.47 Å². The molecule has 2 aromatic carbocycles. The molecule has 0 unspecified atom stereocenters. The summed E-state index contributed by atoms with van der Waals surface area (Å²) in [5, 5.41) is 2.82. The summed E-state index contributed by atoms with van der Waals surface area (Å²) >= 11 is 1.24. The van der Waals surface area contributed by atoms with Crippen LogP contribution < -0.4 is 5.32 Å². The topological polar surface area (TPSA) is 81.7 Å². The zero-order chi connectivity index (χ0) is 19.2. The molecule has 0 saturated carbocycles. The van der Waals surface area contributed by atoms with Gasteiger partial charge in [-0.2, -0.15) is 0 Å². The Labute approximate surface area is 161 Å². The van der Waals surface area contributed by atoms with Crippen molar-refractivity contribution in [3.05, 3.63) is 59.7 Å². The number of anilines is 1. The maximum Gasteiger partial charge on any atom is 0.347 e. The number of aryl methyl sites for hydroxylation is 1. The zero-order valence-electron chi connectivity index (χ0n) is 14.8. The van der Waals surface area contributed by atoms with Crippen LogP contribution in [0.5, 0.6) is 0 Å². The van der Waals surface area contributed by atoms with Crippen LogP contribution in [-0.2, 0) is 19.1 Å². The van der Waals surface area contributed by atoms with E-state index in [1.807, 2.05) is 31.2 Å². The Hall–Kier alpha value is -2.80. The van der Waals surface area contributed by atoms with Gasteiger partial charge in [-0.25, -0.2) is 9.59 Å². The lowest BCUT2D eigenvalue weighted by Gasteiger charge is -2.11. The smallest absolute Gasteiger partial charge is 0.347 e. The lowest BCUT2D eigenvalue weighted by Crippen LogP contribution is -2.23. The Balaban J connectivity index is 1.60. The summed E-state index contributed by atoms with van der Waals surface area (Å²) in [6.07, 6.45) is -0.501. The highest BCUT2D eigenvalue weighted by molar-refractivity contribution is 8.00. The molecule has 0 spiro atoms. The number of esters is 2. The lowest BCUT2D eigenvalue weighted by atomic mass is 10.2. The molecule has 1 aliphatic rings. The van der Waals surface area contributed by atoms with Crippen LogP contribution >= 0.6 is 11.8 Å². The minimum absolute atomic E-state index is 0.142. The molecule has 1 atom stereocenters. The third kappa shape index (κ3) is 5.10. The fourth-order valence-corrected chi connectivity index (χ4v) is 3.36. The normalized spacial score (nSPS) is 15.9. The number of nitrogens with one attached hydrogen (secondary N) is 1. The van der Waals surface area contributed by atoms with Crippen molar-refractivity contribution < 1.29 is 23.9 Å². The van der Waals surface area contributed by atoms with E-state index in [-0.39, 0.29) is 18.3 Å². The second-order valence-electron chi connectivity index (χ2n) is 6.05. The van der Waals surface area contributed by atoms with Crippen LogP contribution in [0.4, 0.5) is 5.69 Å². The van der Waals surface area contributed by atoms with Gasteiger partial charge < -0.3 is 14.8 Å². The highest BCUT2D eigenvalue weighted by atomic mass is 32.2. The van der Waals surface area contributed by atoms with E-state index < -0.39 is 18.0 Å². The van der Waals surface area contributed by atoms with Gasteiger partial charge in [0.1, 0.15) is 0 Å². The quantitative estimate of drug-likeness (QED) is 0.607. The van der Waals surface area contributed by atoms with Crippen molar-refractivity contribution in [2.45, 2.75) is 24.3 Å². The van der Waals surface area contributed by atoms with Gasteiger partial charge in [0.05, 0.1) is 17.9 Å². The van der Waals surface area contributed by atoms with E-state index in [0.29, 0.717) is 16.9 Å². The number of hydrogen-bond donors (Lipinski definition) is 1. The predicted octanol–water partition coefficient (Wildman–Crippen LogP) is 3.20. The molecule has 3 rings (SSSR count). The summed E-state index contributed by atoms with van der Waals surface area (Å²) in [5.74, 6) is -1.15. The van der Waals surface area contributed by atoms with Crippen LogP contribution in [0.3, 0.4) is 0 Å². The van der Waals surface area contributed by atoms with Crippen LogP contribution in [0.1, 0.15) is 22.3 Å². The van der Waals surface area contributed by atoms with Gasteiger partial charge in [0.15, 0.2) is 0 Å². The lowest BCUT2D eigenvalue weighted by molar-refractivity contribution is -0.145. The number of amides is 1. The summed E-state index contributed by atoms with van der Waals surface area (Å²) in [5.41, 5.74) is 2.16. The Morgan fingerprint density at radius 3 is 2.63 bits per heavy atom. The van der Waals surface area contributed by atoms with Gasteiger partial charge in [-0.05, 0) is 31.2 Å². The SMILES string of the molecule is Cc1ccc(NC(=O)CSc2ccccc2C(=O)O[C@H]2CCOC2=O)cc1. The van der Waals surface area contributed by atoms with E-state index in [0.717, 1.165) is 11.3 Å². The van der Waals surface area contributed by atoms with Gasteiger partial charge in [-0.1, -0.05) is 29.8 Å². The number of carbonyl (C=O) groups excluding carboxylic acids is 3. The van der Waals surface area contributed by atoms with Crippen molar-refractivity contribution in [1.82, 2.24) is 0 Å². The summed E-state index contributed by atoms with van der Waals surface area (Å²) < 4.78 is 10.0. The van der Waals surface area contributed by atoms with Crippen molar-refractivity contribution in [2.24, 2.45) is 0 Å². The Morgan fingerprint density at radius 1 is 1.19 bits per heavy atom. The van der Waals surface area contributed by atoms with Crippen molar-refractivity contribution in [2.75, 3.05) is 17.7 Å². The molecule has 1 saturated heterocycles. The number of ether oxygens (including phenoxy) is 2. The van der Waals surface area contributed by atoms with Crippen LogP contribution in [0.25, 0.3) is 0 Å². The fraction of sp³-hybridized carbons (Fsp3) is 0.250. The third-order valence-electron chi connectivity index (χ3n) is 3.94. The minimum Gasteiger partial charge on any atom is -0.463 e. The molecule has 2 aromatic rings. The molecule has 7 heteroatoms. The molecule has 0 aromatic heterocycles. The van der Waals surface area contributed by atoms with Gasteiger partial charge in [-0.15, -0.1) is 11.8 Å². The first kappa shape index (κ1) is 19.0. The molecule has 27 heavy (non-hydrogen) atoms. The number of rotatable bonds is 6. The number of hydrogen-bond acceptors (Lipinski definition) is 6. The monoisotopic (exact) mass is 385 g/mol. The average Bonchev–Trinajstić information content (AvgIpc) is 3.07. The first-order valence-corrected chi connectivity index (χ1v) is 9.47. The molecule has 140 valence electrons. The van der Waals surface area contributed by atoms with Crippen LogP contribution in [0.2, 0.25) is 0 Å². The largest absolute Gasteiger partial charge is 0.463 e. The molecular weight excluding hydrogens is 366 g/mol. The van der Waals surface area contributed by atoms with E-state index in [2.05, 4.69) is 5.32 Å². The van der Waals surface area contributed by atoms with Crippen LogP contribution in [0.15, 0.2) is 53.4 Å². The van der Waals surface area contributed by atoms with E-state index >= 15 is 0 Å². The van der Waals surface area contributed by atoms with Crippen molar-refractivity contribution in [3.63, 3.8) is 0 Å². The first-order valence-electron chi connectivity index (χ1n) is 8.49. The number of cyclic esters (lactones) is 1. The van der Waals surface area contributed by atoms with E-state index in [1.54, 1.807) is 24.3 Å². The molecule has 6 nitrogen and oxygen atoms in total. The Morgan fingerprint density at radius 2 is 1.93 bits per heavy atom. The van der Waals surface area contributed by atoms with Gasteiger partial charge in [0.25, 0.3) is 0 Å². The molecule has 1 fully saturated rings. The summed E-state index contributed by atoms with van der Waals surface area (Å²) in [4.78, 5) is 36.7. The van der Waals surface area contributed by atoms with Gasteiger partial charge >= 0.3 is 11.9 Å². The summed E-state index contributed by atoms with van der Waals surface area (Å²) in [6, 6.07) is 14.4. The third-order valence-corrected chi connectivity index (χ3v) is 5.01. The predicted molar refractivity (Wildman–Crippen MR) is 102 cm³/mol. The average molecular weight is 385 g/mol.